The fourth-order valence-corrected chi connectivity index (χ4v) is 10.3. The summed E-state index contributed by atoms with van der Waals surface area (Å²) in [5.41, 5.74) is 0.410. The maximum atomic E-state index is 12.9. The van der Waals surface area contributed by atoms with E-state index < -0.39 is 12.0 Å². The Balaban J connectivity index is 1.25. The van der Waals surface area contributed by atoms with Crippen LogP contribution < -0.4 is 0 Å². The molecule has 0 aromatic heterocycles. The summed E-state index contributed by atoms with van der Waals surface area (Å²) in [6, 6.07) is -0.634. The van der Waals surface area contributed by atoms with E-state index in [4.69, 9.17) is 0 Å². The lowest BCUT2D eigenvalue weighted by atomic mass is 9.44. The lowest BCUT2D eigenvalue weighted by Crippen LogP contribution is -2.58. The zero-order valence-corrected chi connectivity index (χ0v) is 22.0. The molecule has 11 atom stereocenters. The van der Waals surface area contributed by atoms with Crippen LogP contribution in [0.5, 0.6) is 0 Å². The first-order valence-corrected chi connectivity index (χ1v) is 14.4. The van der Waals surface area contributed by atoms with Crippen LogP contribution in [0.15, 0.2) is 0 Å². The summed E-state index contributed by atoms with van der Waals surface area (Å²) in [5.74, 6) is 2.27. The van der Waals surface area contributed by atoms with Crippen molar-refractivity contribution in [1.29, 1.82) is 0 Å². The van der Waals surface area contributed by atoms with Crippen LogP contribution >= 0.6 is 0 Å². The van der Waals surface area contributed by atoms with Crippen LogP contribution in [0.25, 0.3) is 0 Å². The maximum absolute atomic E-state index is 12.9. The maximum Gasteiger partial charge on any atom is 0.326 e. The van der Waals surface area contributed by atoms with Crippen LogP contribution in [0.2, 0.25) is 0 Å². The minimum absolute atomic E-state index is 0.0130. The SMILES string of the molecule is CC(CCC(=O)N1CCC[C@@H]1C(=O)O)[C@H]1CCC2C3C[C@H](O)[C@H]4C[C@H](O)CC[C@]4(C)C3CC[C@@]21C. The van der Waals surface area contributed by atoms with Gasteiger partial charge in [-0.1, -0.05) is 20.8 Å². The van der Waals surface area contributed by atoms with Gasteiger partial charge in [0.25, 0.3) is 0 Å². The topological polar surface area (TPSA) is 98.1 Å². The van der Waals surface area contributed by atoms with Gasteiger partial charge in [0.2, 0.25) is 5.91 Å². The predicted octanol–water partition coefficient (Wildman–Crippen LogP) is 4.47. The van der Waals surface area contributed by atoms with E-state index in [-0.39, 0.29) is 34.9 Å². The highest BCUT2D eigenvalue weighted by molar-refractivity contribution is 5.84. The van der Waals surface area contributed by atoms with Crippen LogP contribution in [-0.2, 0) is 9.59 Å². The van der Waals surface area contributed by atoms with E-state index in [2.05, 4.69) is 20.8 Å². The molecule has 6 heteroatoms. The van der Waals surface area contributed by atoms with Crippen LogP contribution in [-0.4, -0.2) is 56.9 Å². The van der Waals surface area contributed by atoms with E-state index in [9.17, 15) is 24.9 Å². The van der Waals surface area contributed by atoms with Gasteiger partial charge < -0.3 is 20.2 Å². The highest BCUT2D eigenvalue weighted by atomic mass is 16.4. The number of fused-ring (bicyclic) bond motifs is 5. The molecule has 4 unspecified atom stereocenters. The van der Waals surface area contributed by atoms with Crippen molar-refractivity contribution in [1.82, 2.24) is 4.90 Å². The number of carboxylic acid groups (broad SMARTS) is 1. The van der Waals surface area contributed by atoms with E-state index in [1.165, 1.54) is 25.7 Å². The number of carbonyl (C=O) groups is 2. The van der Waals surface area contributed by atoms with Gasteiger partial charge in [-0.2, -0.15) is 0 Å². The summed E-state index contributed by atoms with van der Waals surface area (Å²) in [5, 5.41) is 31.0. The molecule has 1 aliphatic heterocycles. The summed E-state index contributed by atoms with van der Waals surface area (Å²) >= 11 is 0. The van der Waals surface area contributed by atoms with Crippen molar-refractivity contribution in [3.8, 4) is 0 Å². The fourth-order valence-electron chi connectivity index (χ4n) is 10.3. The van der Waals surface area contributed by atoms with Gasteiger partial charge in [-0.3, -0.25) is 4.79 Å². The minimum atomic E-state index is -0.870. The standard InChI is InChI=1S/C29H47NO5/c1-17(6-9-26(33)30-14-4-5-24(30)27(34)35)20-7-8-21-19-16-25(32)23-15-18(31)10-12-29(23,3)22(19)11-13-28(20,21)2/h17-25,31-32H,4-16H2,1-3H3,(H,34,35)/t17?,18-,19?,20-,21?,22?,23-,24-,25+,28-,29-/m1/s1. The lowest BCUT2D eigenvalue weighted by molar-refractivity contribution is -0.172. The van der Waals surface area contributed by atoms with E-state index in [0.29, 0.717) is 49.0 Å². The molecule has 0 radical (unpaired) electrons. The highest BCUT2D eigenvalue weighted by Gasteiger charge is 2.62. The molecule has 0 aromatic carbocycles. The number of likely N-dealkylation sites (tertiary alicyclic amines) is 1. The molecule has 4 saturated carbocycles. The van der Waals surface area contributed by atoms with Crippen molar-refractivity contribution >= 4 is 11.9 Å². The van der Waals surface area contributed by atoms with Gasteiger partial charge in [-0.05, 0) is 117 Å². The van der Waals surface area contributed by atoms with E-state index in [0.717, 1.165) is 38.5 Å². The second-order valence-electron chi connectivity index (χ2n) is 13.5. The molecule has 0 spiro atoms. The molecule has 6 nitrogen and oxygen atoms in total. The van der Waals surface area contributed by atoms with Gasteiger partial charge >= 0.3 is 5.97 Å². The largest absolute Gasteiger partial charge is 0.480 e. The monoisotopic (exact) mass is 489 g/mol. The Morgan fingerprint density at radius 1 is 0.943 bits per heavy atom. The Hall–Kier alpha value is -1.14. The highest BCUT2D eigenvalue weighted by Crippen LogP contribution is 2.68. The normalized spacial score (nSPS) is 48.1. The van der Waals surface area contributed by atoms with Gasteiger partial charge in [0.1, 0.15) is 6.04 Å². The number of hydrogen-bond acceptors (Lipinski definition) is 4. The molecular weight excluding hydrogens is 442 g/mol. The second kappa shape index (κ2) is 9.31. The van der Waals surface area contributed by atoms with Crippen molar-refractivity contribution in [2.75, 3.05) is 6.54 Å². The Morgan fingerprint density at radius 3 is 2.40 bits per heavy atom. The Bertz CT molecular complexity index is 832. The molecule has 3 N–H and O–H groups in total. The third-order valence-corrected chi connectivity index (χ3v) is 12.1. The number of nitrogens with zero attached hydrogens (tertiary/aromatic N) is 1. The number of aliphatic hydroxyl groups is 2. The molecule has 5 fully saturated rings. The van der Waals surface area contributed by atoms with Gasteiger partial charge in [0.15, 0.2) is 0 Å². The molecule has 35 heavy (non-hydrogen) atoms. The molecular formula is C29H47NO5. The molecule has 0 bridgehead atoms. The number of carboxylic acids is 1. The van der Waals surface area contributed by atoms with Gasteiger partial charge in [0, 0.05) is 13.0 Å². The third-order valence-electron chi connectivity index (χ3n) is 12.1. The molecule has 1 heterocycles. The molecule has 198 valence electrons. The Labute approximate surface area is 210 Å². The first-order chi connectivity index (χ1) is 16.6. The molecule has 5 rings (SSSR count). The van der Waals surface area contributed by atoms with Crippen molar-refractivity contribution in [3.63, 3.8) is 0 Å². The number of rotatable bonds is 5. The first-order valence-electron chi connectivity index (χ1n) is 14.4. The lowest BCUT2D eigenvalue weighted by Gasteiger charge is -2.62. The van der Waals surface area contributed by atoms with Crippen LogP contribution in [0.1, 0.15) is 97.8 Å². The quantitative estimate of drug-likeness (QED) is 0.529. The van der Waals surface area contributed by atoms with Crippen molar-refractivity contribution in [2.45, 2.75) is 116 Å². The summed E-state index contributed by atoms with van der Waals surface area (Å²) in [6.45, 7) is 7.80. The van der Waals surface area contributed by atoms with Gasteiger partial charge in [-0.25, -0.2) is 4.79 Å². The van der Waals surface area contributed by atoms with Crippen molar-refractivity contribution < 1.29 is 24.9 Å². The summed E-state index contributed by atoms with van der Waals surface area (Å²) in [6.07, 6.45) is 10.6. The smallest absolute Gasteiger partial charge is 0.326 e. The number of amides is 1. The van der Waals surface area contributed by atoms with Crippen LogP contribution in [0, 0.1) is 46.3 Å². The van der Waals surface area contributed by atoms with E-state index in [1.54, 1.807) is 4.90 Å². The van der Waals surface area contributed by atoms with E-state index in [1.807, 2.05) is 0 Å². The predicted molar refractivity (Wildman–Crippen MR) is 133 cm³/mol. The summed E-state index contributed by atoms with van der Waals surface area (Å²) in [7, 11) is 0. The Morgan fingerprint density at radius 2 is 1.66 bits per heavy atom. The molecule has 0 aromatic rings. The Kier molecular flexibility index (Phi) is 6.78. The molecule has 1 amide bonds. The van der Waals surface area contributed by atoms with Crippen molar-refractivity contribution in [3.05, 3.63) is 0 Å². The average molecular weight is 490 g/mol. The summed E-state index contributed by atoms with van der Waals surface area (Å²) < 4.78 is 0. The molecule has 5 aliphatic rings. The number of hydrogen-bond donors (Lipinski definition) is 3. The number of carbonyl (C=O) groups excluding carboxylic acids is 1. The van der Waals surface area contributed by atoms with E-state index >= 15 is 0 Å². The number of aliphatic hydroxyl groups excluding tert-OH is 2. The molecule has 4 aliphatic carbocycles. The molecule has 1 saturated heterocycles. The minimum Gasteiger partial charge on any atom is -0.480 e. The first kappa shape index (κ1) is 25.5. The van der Waals surface area contributed by atoms with Crippen LogP contribution in [0.4, 0.5) is 0 Å². The zero-order valence-electron chi connectivity index (χ0n) is 22.0. The van der Waals surface area contributed by atoms with Crippen molar-refractivity contribution in [2.24, 2.45) is 46.3 Å². The third kappa shape index (κ3) is 4.15. The summed E-state index contributed by atoms with van der Waals surface area (Å²) in [4.78, 5) is 26.0. The zero-order chi connectivity index (χ0) is 25.1. The number of aliphatic carboxylic acids is 1. The van der Waals surface area contributed by atoms with Gasteiger partial charge in [0.05, 0.1) is 12.2 Å². The average Bonchev–Trinajstić information content (AvgIpc) is 3.43. The fraction of sp³-hybridized carbons (Fsp3) is 0.931. The van der Waals surface area contributed by atoms with Crippen LogP contribution in [0.3, 0.4) is 0 Å². The van der Waals surface area contributed by atoms with Gasteiger partial charge in [-0.15, -0.1) is 0 Å². The second-order valence-corrected chi connectivity index (χ2v) is 13.5.